The molecule has 4 rings (SSSR count). The highest BCUT2D eigenvalue weighted by molar-refractivity contribution is 5.99. The number of carboxylic acid groups (broad SMARTS) is 1. The van der Waals surface area contributed by atoms with Gasteiger partial charge in [-0.3, -0.25) is 9.69 Å². The van der Waals surface area contributed by atoms with Crippen LogP contribution in [0.1, 0.15) is 75.7 Å². The molecule has 0 radical (unpaired) electrons. The number of carboxylic acids is 1. The molecule has 12 nitrogen and oxygen atoms in total. The van der Waals surface area contributed by atoms with Gasteiger partial charge in [0.15, 0.2) is 5.60 Å². The lowest BCUT2D eigenvalue weighted by Gasteiger charge is -2.45. The summed E-state index contributed by atoms with van der Waals surface area (Å²) in [5, 5.41) is 36.0. The minimum Gasteiger partial charge on any atom is -0.479 e. The topological polar surface area (TPSA) is 165 Å². The van der Waals surface area contributed by atoms with Crippen LogP contribution in [0.4, 0.5) is 4.79 Å². The van der Waals surface area contributed by atoms with E-state index in [1.54, 1.807) is 24.0 Å². The summed E-state index contributed by atoms with van der Waals surface area (Å²) in [5.41, 5.74) is -0.692. The fourth-order valence-corrected chi connectivity index (χ4v) is 6.87. The summed E-state index contributed by atoms with van der Waals surface area (Å²) < 4.78 is 11.4. The van der Waals surface area contributed by atoms with Gasteiger partial charge in [0, 0.05) is 61.3 Å². The van der Waals surface area contributed by atoms with Gasteiger partial charge < -0.3 is 40.0 Å². The van der Waals surface area contributed by atoms with Gasteiger partial charge in [0.25, 0.3) is 5.91 Å². The van der Waals surface area contributed by atoms with Gasteiger partial charge in [0.1, 0.15) is 5.60 Å². The number of amides is 2. The zero-order chi connectivity index (χ0) is 35.3. The molecule has 0 aliphatic carbocycles. The second-order valence-electron chi connectivity index (χ2n) is 14.6. The number of hydrogen-bond donors (Lipinski definition) is 5. The average molecular weight is 669 g/mol. The smallest absolute Gasteiger partial charge is 0.410 e. The first-order chi connectivity index (χ1) is 22.6. The van der Waals surface area contributed by atoms with Gasteiger partial charge in [-0.2, -0.15) is 0 Å². The number of ether oxygens (including phenoxy) is 2. The lowest BCUT2D eigenvalue weighted by atomic mass is 9.80. The maximum absolute atomic E-state index is 12.8. The number of aliphatic hydroxyl groups is 2. The van der Waals surface area contributed by atoms with Crippen LogP contribution in [0.3, 0.4) is 0 Å². The molecule has 5 atom stereocenters. The molecule has 2 aromatic rings. The first kappa shape index (κ1) is 37.2. The highest BCUT2D eigenvalue weighted by atomic mass is 16.6. The Bertz CT molecular complexity index is 1490. The Morgan fingerprint density at radius 1 is 1.23 bits per heavy atom. The van der Waals surface area contributed by atoms with E-state index < -0.39 is 34.7 Å². The Morgan fingerprint density at radius 2 is 1.98 bits per heavy atom. The number of nitrogens with one attached hydrogen (secondary N) is 2. The molecular formula is C36H52N4O8. The van der Waals surface area contributed by atoms with Crippen molar-refractivity contribution >= 4 is 28.9 Å². The van der Waals surface area contributed by atoms with Crippen LogP contribution in [0.15, 0.2) is 24.4 Å². The van der Waals surface area contributed by atoms with Crippen molar-refractivity contribution in [1.29, 1.82) is 0 Å². The van der Waals surface area contributed by atoms with Crippen LogP contribution < -0.4 is 5.32 Å². The van der Waals surface area contributed by atoms with E-state index in [1.165, 1.54) is 0 Å². The Hall–Kier alpha value is -3.63. The number of nitrogens with zero attached hydrogens (tertiary/aromatic N) is 2. The molecule has 0 saturated carbocycles. The number of morpholine rings is 1. The highest BCUT2D eigenvalue weighted by Gasteiger charge is 2.49. The van der Waals surface area contributed by atoms with E-state index in [-0.39, 0.29) is 37.3 Å². The molecule has 2 amide bonds. The fraction of sp³-hybridized carbons (Fsp3) is 0.639. The zero-order valence-electron chi connectivity index (χ0n) is 28.9. The van der Waals surface area contributed by atoms with E-state index in [2.05, 4.69) is 21.1 Å². The van der Waals surface area contributed by atoms with E-state index in [4.69, 9.17) is 15.9 Å². The summed E-state index contributed by atoms with van der Waals surface area (Å²) in [7, 11) is 0. The quantitative estimate of drug-likeness (QED) is 0.201. The summed E-state index contributed by atoms with van der Waals surface area (Å²) in [6, 6.07) is 5.48. The number of benzene rings is 1. The van der Waals surface area contributed by atoms with Gasteiger partial charge in [-0.25, -0.2) is 9.59 Å². The molecule has 12 heteroatoms. The van der Waals surface area contributed by atoms with Crippen LogP contribution in [0.25, 0.3) is 10.9 Å². The van der Waals surface area contributed by atoms with Gasteiger partial charge in [0.2, 0.25) is 0 Å². The first-order valence-electron chi connectivity index (χ1n) is 16.8. The molecule has 1 aromatic carbocycles. The maximum Gasteiger partial charge on any atom is 0.410 e. The molecule has 5 N–H and O–H groups in total. The Kier molecular flexibility index (Phi) is 11.8. The summed E-state index contributed by atoms with van der Waals surface area (Å²) in [6.45, 7) is 11.8. The number of aliphatic carboxylic acids is 1. The number of aromatic amines is 1. The van der Waals surface area contributed by atoms with Gasteiger partial charge in [0.05, 0.1) is 24.9 Å². The average Bonchev–Trinajstić information content (AvgIpc) is 3.68. The van der Waals surface area contributed by atoms with Crippen molar-refractivity contribution in [3.63, 3.8) is 0 Å². The standard InChI is InChI=1S/C36H52N4O8/c1-7-26(19-29(41)21-38-31(42)28-18-24(2)30-27(20-28)10-13-37-30)9-8-25(3)36(46,32(43)44)12-15-40-16-17-47-23-35(40)11-14-39(22-35)33(45)48-34(4,5)6/h1,10,13,18,20,25-26,29,37,41,46H,8-9,11-12,14-17,19,21-23H2,2-6H3,(H,38,42)(H,43,44)/t25-,26?,29+,35?,36?/m0/s1. The maximum atomic E-state index is 12.8. The van der Waals surface area contributed by atoms with E-state index in [0.29, 0.717) is 64.2 Å². The molecule has 1 aromatic heterocycles. The molecule has 2 aliphatic heterocycles. The minimum atomic E-state index is -2.01. The Balaban J connectivity index is 1.29. The summed E-state index contributed by atoms with van der Waals surface area (Å²) in [4.78, 5) is 45.0. The number of hydrogen-bond acceptors (Lipinski definition) is 8. The predicted octanol–water partition coefficient (Wildman–Crippen LogP) is 3.54. The number of carbonyl (C=O) groups is 3. The predicted molar refractivity (Wildman–Crippen MR) is 181 cm³/mol. The summed E-state index contributed by atoms with van der Waals surface area (Å²) in [5.74, 6) is 0.0813. The molecule has 48 heavy (non-hydrogen) atoms. The number of aromatic nitrogens is 1. The van der Waals surface area contributed by atoms with E-state index in [0.717, 1.165) is 16.5 Å². The van der Waals surface area contributed by atoms with Crippen LogP contribution in [0.2, 0.25) is 0 Å². The van der Waals surface area contributed by atoms with E-state index in [9.17, 15) is 29.7 Å². The number of terminal acetylenes is 1. The number of likely N-dealkylation sites (tertiary alicyclic amines) is 1. The molecule has 3 heterocycles. The third-order valence-electron chi connectivity index (χ3n) is 9.84. The molecule has 264 valence electrons. The van der Waals surface area contributed by atoms with E-state index >= 15 is 0 Å². The van der Waals surface area contributed by atoms with Crippen molar-refractivity contribution in [2.75, 3.05) is 45.9 Å². The second kappa shape index (κ2) is 15.3. The summed E-state index contributed by atoms with van der Waals surface area (Å²) >= 11 is 0. The molecule has 2 aliphatic rings. The van der Waals surface area contributed by atoms with Crippen LogP contribution in [-0.4, -0.2) is 117 Å². The largest absolute Gasteiger partial charge is 0.479 e. The highest BCUT2D eigenvalue weighted by Crippen LogP contribution is 2.35. The number of aliphatic hydroxyl groups excluding tert-OH is 1. The number of H-pyrrole nitrogens is 1. The van der Waals surface area contributed by atoms with E-state index in [1.807, 2.05) is 40.0 Å². The van der Waals surface area contributed by atoms with Crippen molar-refractivity contribution in [1.82, 2.24) is 20.1 Å². The summed E-state index contributed by atoms with van der Waals surface area (Å²) in [6.07, 6.45) is 7.90. The normalized spacial score (nSPS) is 21.8. The van der Waals surface area contributed by atoms with Crippen molar-refractivity contribution < 1.29 is 39.2 Å². The van der Waals surface area contributed by atoms with Gasteiger partial charge >= 0.3 is 12.1 Å². The minimum absolute atomic E-state index is 0.0128. The second-order valence-corrected chi connectivity index (χ2v) is 14.6. The Morgan fingerprint density at radius 3 is 2.67 bits per heavy atom. The lowest BCUT2D eigenvalue weighted by molar-refractivity contribution is -0.167. The third-order valence-corrected chi connectivity index (χ3v) is 9.84. The number of carbonyl (C=O) groups excluding carboxylic acids is 2. The van der Waals surface area contributed by atoms with Gasteiger partial charge in [-0.15, -0.1) is 12.3 Å². The third kappa shape index (κ3) is 8.88. The number of rotatable bonds is 13. The SMILES string of the molecule is C#CC(CC[C@H](C)C(O)(CCN1CCOCC12CCN(C(=O)OC(C)(C)C)C2)C(=O)O)C[C@@H](O)CNC(=O)c1cc(C)c2[nH]ccc2c1. The molecular weight excluding hydrogens is 616 g/mol. The molecule has 2 saturated heterocycles. The first-order valence-corrected chi connectivity index (χ1v) is 16.8. The number of fused-ring (bicyclic) bond motifs is 1. The zero-order valence-corrected chi connectivity index (χ0v) is 28.9. The van der Waals surface area contributed by atoms with Gasteiger partial charge in [-0.1, -0.05) is 6.92 Å². The fourth-order valence-electron chi connectivity index (χ4n) is 6.87. The lowest BCUT2D eigenvalue weighted by Crippen LogP contribution is -2.60. The van der Waals surface area contributed by atoms with Crippen molar-refractivity contribution in [2.24, 2.45) is 11.8 Å². The molecule has 1 spiro atoms. The van der Waals surface area contributed by atoms with Gasteiger partial charge in [-0.05, 0) is 89.5 Å². The van der Waals surface area contributed by atoms with Crippen LogP contribution in [-0.2, 0) is 14.3 Å². The van der Waals surface area contributed by atoms with Crippen molar-refractivity contribution in [3.8, 4) is 12.3 Å². The molecule has 2 fully saturated rings. The molecule has 3 unspecified atom stereocenters. The van der Waals surface area contributed by atoms with Crippen LogP contribution in [0, 0.1) is 31.1 Å². The van der Waals surface area contributed by atoms with Crippen molar-refractivity contribution in [2.45, 2.75) is 89.6 Å². The molecule has 0 bridgehead atoms. The Labute approximate surface area is 283 Å². The monoisotopic (exact) mass is 668 g/mol. The van der Waals surface area contributed by atoms with Crippen molar-refractivity contribution in [3.05, 3.63) is 35.5 Å². The van der Waals surface area contributed by atoms with Crippen LogP contribution >= 0.6 is 0 Å². The number of aryl methyl sites for hydroxylation is 1. The van der Waals surface area contributed by atoms with Crippen LogP contribution in [0.5, 0.6) is 0 Å².